The fourth-order valence-electron chi connectivity index (χ4n) is 5.26. The zero-order valence-electron chi connectivity index (χ0n) is 26.3. The highest BCUT2D eigenvalue weighted by atomic mass is 32.2. The van der Waals surface area contributed by atoms with Crippen LogP contribution in [0.25, 0.3) is 22.0 Å². The number of pyridine rings is 1. The molecule has 1 atom stereocenters. The minimum atomic E-state index is -4.56. The van der Waals surface area contributed by atoms with Gasteiger partial charge >= 0.3 is 12.3 Å². The molecular weight excluding hydrogens is 635 g/mol. The van der Waals surface area contributed by atoms with Crippen molar-refractivity contribution in [2.45, 2.75) is 63.6 Å². The molecule has 2 aromatic carbocycles. The number of aromatic nitrogens is 3. The molecule has 1 aliphatic rings. The summed E-state index contributed by atoms with van der Waals surface area (Å²) in [5, 5.41) is 4.44. The Morgan fingerprint density at radius 1 is 1.00 bits per heavy atom. The number of hydrogen-bond acceptors (Lipinski definition) is 9. The normalized spacial score (nSPS) is 15.8. The minimum Gasteiger partial charge on any atom is -0.444 e. The van der Waals surface area contributed by atoms with Crippen LogP contribution < -0.4 is 10.1 Å². The van der Waals surface area contributed by atoms with Gasteiger partial charge < -0.3 is 19.7 Å². The van der Waals surface area contributed by atoms with Crippen LogP contribution in [0.5, 0.6) is 11.6 Å². The van der Waals surface area contributed by atoms with Gasteiger partial charge in [-0.05, 0) is 68.8 Å². The average Bonchev–Trinajstić information content (AvgIpc) is 3.00. The molecule has 0 aliphatic carbocycles. The lowest BCUT2D eigenvalue weighted by Crippen LogP contribution is -2.47. The van der Waals surface area contributed by atoms with Crippen LogP contribution >= 0.6 is 0 Å². The molecule has 1 fully saturated rings. The van der Waals surface area contributed by atoms with Crippen molar-refractivity contribution in [2.75, 3.05) is 24.2 Å². The van der Waals surface area contributed by atoms with Gasteiger partial charge in [0.25, 0.3) is 0 Å². The number of carbonyl (C=O) groups is 1. The highest BCUT2D eigenvalue weighted by Gasteiger charge is 2.30. The zero-order chi connectivity index (χ0) is 33.8. The van der Waals surface area contributed by atoms with Crippen LogP contribution in [0.2, 0.25) is 0 Å². The Morgan fingerprint density at radius 2 is 1.77 bits per heavy atom. The van der Waals surface area contributed by atoms with Crippen LogP contribution in [-0.2, 0) is 20.3 Å². The number of sulfone groups is 1. The highest BCUT2D eigenvalue weighted by molar-refractivity contribution is 7.90. The number of carbonyl (C=O) groups excluding carboxylic acids is 1. The predicted octanol–water partition coefficient (Wildman–Crippen LogP) is 7.16. The number of piperidine rings is 1. The molecule has 0 spiro atoms. The number of anilines is 1. The minimum absolute atomic E-state index is 0.0849. The maximum atomic E-state index is 12.7. The number of rotatable bonds is 9. The molecule has 2 aromatic heterocycles. The van der Waals surface area contributed by atoms with Gasteiger partial charge in [0.15, 0.2) is 9.84 Å². The zero-order valence-corrected chi connectivity index (χ0v) is 27.1. The molecule has 4 aromatic rings. The molecule has 10 nitrogen and oxygen atoms in total. The quantitative estimate of drug-likeness (QED) is 0.197. The molecule has 14 heteroatoms. The van der Waals surface area contributed by atoms with Gasteiger partial charge in [-0.1, -0.05) is 30.3 Å². The summed E-state index contributed by atoms with van der Waals surface area (Å²) < 4.78 is 75.0. The SMILES string of the molecule is CC(C)(C)OC(=O)N1CCC[C@H](Nc2nccc(-c3cccnc3Oc3cccc4c(CS(=O)(=O)CCC(F)(F)F)cccc34)n2)C1. The van der Waals surface area contributed by atoms with Gasteiger partial charge in [0.1, 0.15) is 11.4 Å². The third-order valence-electron chi connectivity index (χ3n) is 7.36. The molecule has 1 aliphatic heterocycles. The molecule has 0 radical (unpaired) electrons. The number of nitrogens with one attached hydrogen (secondary N) is 1. The Bertz CT molecular complexity index is 1850. The van der Waals surface area contributed by atoms with E-state index in [1.807, 2.05) is 20.8 Å². The maximum Gasteiger partial charge on any atom is 0.410 e. The summed E-state index contributed by atoms with van der Waals surface area (Å²) in [6.07, 6.45) is -1.53. The number of alkyl halides is 3. The first-order valence-corrected chi connectivity index (χ1v) is 17.0. The van der Waals surface area contributed by atoms with E-state index in [-0.39, 0.29) is 18.0 Å². The van der Waals surface area contributed by atoms with Crippen molar-refractivity contribution in [1.82, 2.24) is 19.9 Å². The second kappa shape index (κ2) is 13.7. The Balaban J connectivity index is 1.35. The number of fused-ring (bicyclic) bond motifs is 1. The fourth-order valence-corrected chi connectivity index (χ4v) is 6.67. The Labute approximate surface area is 271 Å². The third-order valence-corrected chi connectivity index (χ3v) is 8.94. The molecule has 1 amide bonds. The summed E-state index contributed by atoms with van der Waals surface area (Å²) in [6, 6.07) is 15.2. The second-order valence-corrected chi connectivity index (χ2v) is 14.5. The number of nitrogens with zero attached hydrogens (tertiary/aromatic N) is 4. The summed E-state index contributed by atoms with van der Waals surface area (Å²) in [5.41, 5.74) is 0.880. The lowest BCUT2D eigenvalue weighted by molar-refractivity contribution is -0.129. The molecule has 47 heavy (non-hydrogen) atoms. The van der Waals surface area contributed by atoms with Crippen molar-refractivity contribution in [3.05, 3.63) is 72.6 Å². The van der Waals surface area contributed by atoms with E-state index in [1.54, 1.807) is 71.9 Å². The van der Waals surface area contributed by atoms with E-state index in [2.05, 4.69) is 15.3 Å². The highest BCUT2D eigenvalue weighted by Crippen LogP contribution is 2.36. The van der Waals surface area contributed by atoms with Gasteiger partial charge in [0.2, 0.25) is 11.8 Å². The van der Waals surface area contributed by atoms with E-state index < -0.39 is 39.5 Å². The van der Waals surface area contributed by atoms with Gasteiger partial charge in [0, 0.05) is 36.9 Å². The largest absolute Gasteiger partial charge is 0.444 e. The lowest BCUT2D eigenvalue weighted by Gasteiger charge is -2.34. The van der Waals surface area contributed by atoms with Crippen molar-refractivity contribution >= 4 is 32.7 Å². The van der Waals surface area contributed by atoms with Crippen molar-refractivity contribution < 1.29 is 35.9 Å². The molecule has 250 valence electrons. The summed E-state index contributed by atoms with van der Waals surface area (Å²) >= 11 is 0. The van der Waals surface area contributed by atoms with Gasteiger partial charge in [-0.25, -0.2) is 28.2 Å². The average molecular weight is 672 g/mol. The van der Waals surface area contributed by atoms with Crippen LogP contribution in [0.1, 0.15) is 45.6 Å². The number of benzene rings is 2. The Kier molecular flexibility index (Phi) is 9.89. The summed E-state index contributed by atoms with van der Waals surface area (Å²) in [4.78, 5) is 27.8. The first kappa shape index (κ1) is 33.9. The van der Waals surface area contributed by atoms with Gasteiger partial charge in [-0.15, -0.1) is 0 Å². The number of likely N-dealkylation sites (tertiary alicyclic amines) is 1. The fraction of sp³-hybridized carbons (Fsp3) is 0.394. The van der Waals surface area contributed by atoms with Crippen LogP contribution in [0, 0.1) is 0 Å². The van der Waals surface area contributed by atoms with E-state index in [9.17, 15) is 26.4 Å². The molecular formula is C33H36F3N5O5S. The van der Waals surface area contributed by atoms with E-state index in [0.29, 0.717) is 52.4 Å². The maximum absolute atomic E-state index is 12.7. The van der Waals surface area contributed by atoms with E-state index in [4.69, 9.17) is 14.5 Å². The van der Waals surface area contributed by atoms with E-state index >= 15 is 0 Å². The molecule has 0 unspecified atom stereocenters. The summed E-state index contributed by atoms with van der Waals surface area (Å²) in [5.74, 6) is -0.532. The van der Waals surface area contributed by atoms with Crippen molar-refractivity contribution in [3.8, 4) is 22.9 Å². The van der Waals surface area contributed by atoms with E-state index in [1.165, 1.54) is 0 Å². The number of halogens is 3. The second-order valence-electron chi connectivity index (χ2n) is 12.4. The standard InChI is InChI=1S/C33H36F3N5O5S/c1-32(2,3)46-31(42)41-18-7-9-23(20-41)39-30-38-17-14-27(40-30)26-12-6-16-37-29(26)45-28-13-5-10-24-22(8-4-11-25(24)28)21-47(43,44)19-15-33(34,35)36/h4-6,8,10-14,16-17,23H,7,9,15,18-21H2,1-3H3,(H,38,39,40)/t23-/m0/s1. The number of amides is 1. The third kappa shape index (κ3) is 9.31. The number of hydrogen-bond donors (Lipinski definition) is 1. The smallest absolute Gasteiger partial charge is 0.410 e. The molecule has 5 rings (SSSR count). The van der Waals surface area contributed by atoms with E-state index in [0.717, 1.165) is 12.8 Å². The molecule has 3 heterocycles. The topological polar surface area (TPSA) is 124 Å². The lowest BCUT2D eigenvalue weighted by atomic mass is 10.0. The first-order chi connectivity index (χ1) is 22.2. The van der Waals surface area contributed by atoms with Crippen LogP contribution in [0.15, 0.2) is 67.0 Å². The van der Waals surface area contributed by atoms with Crippen molar-refractivity contribution in [3.63, 3.8) is 0 Å². The van der Waals surface area contributed by atoms with Crippen LogP contribution in [0.4, 0.5) is 23.9 Å². The number of ether oxygens (including phenoxy) is 2. The molecule has 0 saturated carbocycles. The van der Waals surface area contributed by atoms with Crippen LogP contribution in [-0.4, -0.2) is 71.0 Å². The van der Waals surface area contributed by atoms with Crippen molar-refractivity contribution in [2.24, 2.45) is 0 Å². The molecule has 0 bridgehead atoms. The molecule has 1 N–H and O–H groups in total. The van der Waals surface area contributed by atoms with Crippen LogP contribution in [0.3, 0.4) is 0 Å². The monoisotopic (exact) mass is 671 g/mol. The van der Waals surface area contributed by atoms with Gasteiger partial charge in [-0.3, -0.25) is 0 Å². The summed E-state index contributed by atoms with van der Waals surface area (Å²) in [6.45, 7) is 6.54. The van der Waals surface area contributed by atoms with Crippen molar-refractivity contribution in [1.29, 1.82) is 0 Å². The summed E-state index contributed by atoms with van der Waals surface area (Å²) in [7, 11) is -4.02. The Hall–Kier alpha value is -4.46. The molecule has 1 saturated heterocycles. The van der Waals surface area contributed by atoms with Gasteiger partial charge in [0.05, 0.1) is 29.2 Å². The Morgan fingerprint density at radius 3 is 2.53 bits per heavy atom. The predicted molar refractivity (Wildman–Crippen MR) is 172 cm³/mol. The first-order valence-electron chi connectivity index (χ1n) is 15.1. The van der Waals surface area contributed by atoms with Gasteiger partial charge in [-0.2, -0.15) is 13.2 Å².